The van der Waals surface area contributed by atoms with Crippen LogP contribution in [0, 0.1) is 3.57 Å². The van der Waals surface area contributed by atoms with E-state index in [1.807, 2.05) is 36.1 Å². The van der Waals surface area contributed by atoms with Crippen LogP contribution in [0.25, 0.3) is 0 Å². The minimum atomic E-state index is -3.19. The molecule has 1 aliphatic heterocycles. The van der Waals surface area contributed by atoms with Gasteiger partial charge in [-0.05, 0) is 54.0 Å². The predicted molar refractivity (Wildman–Crippen MR) is 99.9 cm³/mol. The summed E-state index contributed by atoms with van der Waals surface area (Å²) in [6.07, 6.45) is 2.88. The van der Waals surface area contributed by atoms with E-state index in [0.29, 0.717) is 32.4 Å². The van der Waals surface area contributed by atoms with Gasteiger partial charge >= 0.3 is 0 Å². The third-order valence-electron chi connectivity index (χ3n) is 4.00. The standard InChI is InChI=1S/C16H23IN2O3S/c1-2-3-12-23(21,22)18-13-8-10-19(11-9-13)16(20)14-6-4-5-7-15(14)17/h4-7,13,18H,2-3,8-12H2,1H3. The Bertz CT molecular complexity index is 640. The number of rotatable bonds is 6. The highest BCUT2D eigenvalue weighted by Crippen LogP contribution is 2.18. The number of carbonyl (C=O) groups excluding carboxylic acids is 1. The zero-order valence-electron chi connectivity index (χ0n) is 13.3. The molecule has 1 amide bonds. The van der Waals surface area contributed by atoms with Crippen LogP contribution in [0.4, 0.5) is 0 Å². The molecule has 1 fully saturated rings. The van der Waals surface area contributed by atoms with Crippen LogP contribution in [-0.2, 0) is 10.0 Å². The topological polar surface area (TPSA) is 66.5 Å². The average Bonchev–Trinajstić information content (AvgIpc) is 2.53. The number of likely N-dealkylation sites (tertiary alicyclic amines) is 1. The van der Waals surface area contributed by atoms with Crippen LogP contribution in [0.5, 0.6) is 0 Å². The maximum atomic E-state index is 12.5. The molecule has 0 bridgehead atoms. The summed E-state index contributed by atoms with van der Waals surface area (Å²) in [6, 6.07) is 7.47. The molecule has 1 aliphatic rings. The molecule has 0 atom stereocenters. The van der Waals surface area contributed by atoms with Crippen molar-refractivity contribution in [3.05, 3.63) is 33.4 Å². The van der Waals surface area contributed by atoms with Gasteiger partial charge in [0, 0.05) is 22.7 Å². The minimum Gasteiger partial charge on any atom is -0.338 e. The number of piperidine rings is 1. The van der Waals surface area contributed by atoms with Gasteiger partial charge in [-0.25, -0.2) is 13.1 Å². The van der Waals surface area contributed by atoms with Crippen molar-refractivity contribution in [3.8, 4) is 0 Å². The highest BCUT2D eigenvalue weighted by molar-refractivity contribution is 14.1. The third kappa shape index (κ3) is 5.42. The number of carbonyl (C=O) groups is 1. The fraction of sp³-hybridized carbons (Fsp3) is 0.562. The molecule has 0 unspecified atom stereocenters. The number of hydrogen-bond donors (Lipinski definition) is 1. The minimum absolute atomic E-state index is 0.0299. The van der Waals surface area contributed by atoms with Gasteiger partial charge in [-0.2, -0.15) is 0 Å². The van der Waals surface area contributed by atoms with Crippen LogP contribution in [0.2, 0.25) is 0 Å². The summed E-state index contributed by atoms with van der Waals surface area (Å²) in [4.78, 5) is 14.4. The monoisotopic (exact) mass is 450 g/mol. The molecule has 0 aromatic heterocycles. The van der Waals surface area contributed by atoms with Gasteiger partial charge in [-0.1, -0.05) is 25.5 Å². The zero-order valence-corrected chi connectivity index (χ0v) is 16.3. The Morgan fingerprint density at radius 3 is 2.57 bits per heavy atom. The van der Waals surface area contributed by atoms with E-state index in [-0.39, 0.29) is 17.7 Å². The van der Waals surface area contributed by atoms with Crippen LogP contribution in [-0.4, -0.2) is 44.1 Å². The predicted octanol–water partition coefficient (Wildman–Crippen LogP) is 2.62. The number of nitrogens with one attached hydrogen (secondary N) is 1. The van der Waals surface area contributed by atoms with Gasteiger partial charge in [0.2, 0.25) is 10.0 Å². The Balaban J connectivity index is 1.89. The summed E-state index contributed by atoms with van der Waals surface area (Å²) >= 11 is 2.17. The van der Waals surface area contributed by atoms with Crippen molar-refractivity contribution in [3.63, 3.8) is 0 Å². The molecule has 0 saturated carbocycles. The Kier molecular flexibility index (Phi) is 6.84. The maximum absolute atomic E-state index is 12.5. The van der Waals surface area contributed by atoms with Gasteiger partial charge in [-0.15, -0.1) is 0 Å². The molecule has 1 N–H and O–H groups in total. The fourth-order valence-electron chi connectivity index (χ4n) is 2.65. The summed E-state index contributed by atoms with van der Waals surface area (Å²) in [5.41, 5.74) is 0.718. The molecule has 23 heavy (non-hydrogen) atoms. The molecular formula is C16H23IN2O3S. The smallest absolute Gasteiger partial charge is 0.254 e. The number of benzene rings is 1. The molecule has 5 nitrogen and oxygen atoms in total. The molecule has 7 heteroatoms. The van der Waals surface area contributed by atoms with Crippen LogP contribution >= 0.6 is 22.6 Å². The number of sulfonamides is 1. The fourth-order valence-corrected chi connectivity index (χ4v) is 4.80. The van der Waals surface area contributed by atoms with E-state index in [0.717, 1.165) is 15.6 Å². The zero-order chi connectivity index (χ0) is 16.9. The molecule has 1 heterocycles. The maximum Gasteiger partial charge on any atom is 0.254 e. The van der Waals surface area contributed by atoms with Crippen molar-refractivity contribution < 1.29 is 13.2 Å². The van der Waals surface area contributed by atoms with Gasteiger partial charge in [0.05, 0.1) is 11.3 Å². The number of amides is 1. The molecule has 1 saturated heterocycles. The second kappa shape index (κ2) is 8.43. The van der Waals surface area contributed by atoms with Gasteiger partial charge in [0.15, 0.2) is 0 Å². The van der Waals surface area contributed by atoms with Gasteiger partial charge in [0.25, 0.3) is 5.91 Å². The van der Waals surface area contributed by atoms with Crippen molar-refractivity contribution in [2.45, 2.75) is 38.6 Å². The SMILES string of the molecule is CCCCS(=O)(=O)NC1CCN(C(=O)c2ccccc2I)CC1. The summed E-state index contributed by atoms with van der Waals surface area (Å²) in [5.74, 6) is 0.215. The first-order valence-corrected chi connectivity index (χ1v) is 10.7. The van der Waals surface area contributed by atoms with Gasteiger partial charge in [0.1, 0.15) is 0 Å². The molecule has 1 aromatic carbocycles. The lowest BCUT2D eigenvalue weighted by molar-refractivity contribution is 0.0710. The van der Waals surface area contributed by atoms with E-state index in [2.05, 4.69) is 27.3 Å². The van der Waals surface area contributed by atoms with E-state index >= 15 is 0 Å². The van der Waals surface area contributed by atoms with Crippen molar-refractivity contribution in [2.75, 3.05) is 18.8 Å². The molecule has 0 spiro atoms. The summed E-state index contributed by atoms with van der Waals surface area (Å²) in [7, 11) is -3.19. The van der Waals surface area contributed by atoms with Gasteiger partial charge in [-0.3, -0.25) is 4.79 Å². The van der Waals surface area contributed by atoms with Crippen LogP contribution in [0.15, 0.2) is 24.3 Å². The lowest BCUT2D eigenvalue weighted by Gasteiger charge is -2.32. The Morgan fingerprint density at radius 1 is 1.30 bits per heavy atom. The van der Waals surface area contributed by atoms with E-state index in [1.54, 1.807) is 0 Å². The second-order valence-corrected chi connectivity index (χ2v) is 8.87. The molecule has 2 rings (SSSR count). The summed E-state index contributed by atoms with van der Waals surface area (Å²) in [6.45, 7) is 3.15. The molecule has 0 aliphatic carbocycles. The Morgan fingerprint density at radius 2 is 1.96 bits per heavy atom. The first kappa shape index (κ1) is 18.7. The largest absolute Gasteiger partial charge is 0.338 e. The normalized spacial score (nSPS) is 16.5. The highest BCUT2D eigenvalue weighted by atomic mass is 127. The number of nitrogens with zero attached hydrogens (tertiary/aromatic N) is 1. The third-order valence-corrected chi connectivity index (χ3v) is 6.46. The quantitative estimate of drug-likeness (QED) is 0.678. The number of halogens is 1. The van der Waals surface area contributed by atoms with E-state index in [9.17, 15) is 13.2 Å². The van der Waals surface area contributed by atoms with E-state index in [1.165, 1.54) is 0 Å². The molecular weight excluding hydrogens is 427 g/mol. The second-order valence-electron chi connectivity index (χ2n) is 5.84. The molecule has 1 aromatic rings. The number of hydrogen-bond acceptors (Lipinski definition) is 3. The first-order valence-electron chi connectivity index (χ1n) is 7.96. The Hall–Kier alpha value is -0.670. The van der Waals surface area contributed by atoms with E-state index < -0.39 is 10.0 Å². The number of unbranched alkanes of at least 4 members (excludes halogenated alkanes) is 1. The lowest BCUT2D eigenvalue weighted by Crippen LogP contribution is -2.47. The van der Waals surface area contributed by atoms with E-state index in [4.69, 9.17) is 0 Å². The van der Waals surface area contributed by atoms with Crippen molar-refractivity contribution in [1.29, 1.82) is 0 Å². The van der Waals surface area contributed by atoms with Crippen LogP contribution in [0.1, 0.15) is 43.0 Å². The van der Waals surface area contributed by atoms with Crippen molar-refractivity contribution in [1.82, 2.24) is 9.62 Å². The van der Waals surface area contributed by atoms with Crippen molar-refractivity contribution >= 4 is 38.5 Å². The van der Waals surface area contributed by atoms with Gasteiger partial charge < -0.3 is 4.90 Å². The van der Waals surface area contributed by atoms with Crippen LogP contribution < -0.4 is 4.72 Å². The summed E-state index contributed by atoms with van der Waals surface area (Å²) in [5, 5.41) is 0. The summed E-state index contributed by atoms with van der Waals surface area (Å²) < 4.78 is 27.6. The molecule has 128 valence electrons. The van der Waals surface area contributed by atoms with Crippen LogP contribution in [0.3, 0.4) is 0 Å². The van der Waals surface area contributed by atoms with Crippen molar-refractivity contribution in [2.24, 2.45) is 0 Å². The first-order chi connectivity index (χ1) is 10.9. The highest BCUT2D eigenvalue weighted by Gasteiger charge is 2.26. The lowest BCUT2D eigenvalue weighted by atomic mass is 10.0. The average molecular weight is 450 g/mol. The molecule has 0 radical (unpaired) electrons. The Labute approximate surface area is 152 Å².